The van der Waals surface area contributed by atoms with Gasteiger partial charge in [-0.2, -0.15) is 0 Å². The molecule has 0 spiro atoms. The Bertz CT molecular complexity index is 1060. The van der Waals surface area contributed by atoms with Crippen LogP contribution in [0.2, 0.25) is 0 Å². The zero-order valence-electron chi connectivity index (χ0n) is 14.3. The maximum Gasteiger partial charge on any atom is 0.226 e. The first-order chi connectivity index (χ1) is 12.9. The number of rotatable bonds is 2. The van der Waals surface area contributed by atoms with Crippen molar-refractivity contribution in [1.82, 2.24) is 15.0 Å². The van der Waals surface area contributed by atoms with Crippen molar-refractivity contribution in [2.45, 2.75) is 6.42 Å². The third-order valence-electron chi connectivity index (χ3n) is 4.90. The Labute approximate surface area is 152 Å². The standard InChI is InChI=1S/C22H18N4/c1-2-7-17-15-26(13-11-16(17)6-1)22-24-14-19-18(8-5-10-21(19)25-22)20-9-3-4-12-23-20/h1,3-12,14H,2,13,15H2. The number of fused-ring (bicyclic) bond motifs is 2. The summed E-state index contributed by atoms with van der Waals surface area (Å²) in [5, 5.41) is 1.03. The second-order valence-corrected chi connectivity index (χ2v) is 6.53. The van der Waals surface area contributed by atoms with Crippen molar-refractivity contribution < 1.29 is 0 Å². The quantitative estimate of drug-likeness (QED) is 0.698. The van der Waals surface area contributed by atoms with Gasteiger partial charge in [0.2, 0.25) is 5.95 Å². The monoisotopic (exact) mass is 338 g/mol. The summed E-state index contributed by atoms with van der Waals surface area (Å²) in [5.74, 6) is 0.779. The molecule has 1 aromatic carbocycles. The number of aromatic nitrogens is 3. The molecule has 0 atom stereocenters. The van der Waals surface area contributed by atoms with Crippen molar-refractivity contribution in [3.8, 4) is 11.3 Å². The molecule has 0 N–H and O–H groups in total. The molecule has 126 valence electrons. The van der Waals surface area contributed by atoms with Crippen LogP contribution < -0.4 is 4.90 Å². The fourth-order valence-corrected chi connectivity index (χ4v) is 3.56. The molecule has 0 fully saturated rings. The minimum Gasteiger partial charge on any atom is -0.333 e. The molecule has 0 saturated carbocycles. The predicted molar refractivity (Wildman–Crippen MR) is 105 cm³/mol. The van der Waals surface area contributed by atoms with Gasteiger partial charge in [0.25, 0.3) is 0 Å². The minimum atomic E-state index is 0.779. The van der Waals surface area contributed by atoms with Crippen LogP contribution in [0.4, 0.5) is 5.95 Å². The van der Waals surface area contributed by atoms with E-state index in [0.29, 0.717) is 0 Å². The van der Waals surface area contributed by atoms with Gasteiger partial charge < -0.3 is 4.90 Å². The smallest absolute Gasteiger partial charge is 0.226 e. The second kappa shape index (κ2) is 6.23. The fourth-order valence-electron chi connectivity index (χ4n) is 3.56. The summed E-state index contributed by atoms with van der Waals surface area (Å²) in [7, 11) is 0. The Kier molecular flexibility index (Phi) is 3.60. The Morgan fingerprint density at radius 2 is 1.96 bits per heavy atom. The molecule has 0 amide bonds. The SMILES string of the molecule is C1=CC2=CCN(c3ncc4c(-c5ccccn5)cccc4n3)CC2=CC1. The predicted octanol–water partition coefficient (Wildman–Crippen LogP) is 4.32. The van der Waals surface area contributed by atoms with E-state index in [1.807, 2.05) is 42.7 Å². The van der Waals surface area contributed by atoms with E-state index in [0.717, 1.165) is 47.6 Å². The van der Waals surface area contributed by atoms with Crippen LogP contribution >= 0.6 is 0 Å². The van der Waals surface area contributed by atoms with E-state index < -0.39 is 0 Å². The van der Waals surface area contributed by atoms with E-state index in [1.54, 1.807) is 0 Å². The number of allylic oxidation sites excluding steroid dienone is 3. The summed E-state index contributed by atoms with van der Waals surface area (Å²) in [6, 6.07) is 12.1. The Balaban J connectivity index is 1.53. The van der Waals surface area contributed by atoms with Crippen molar-refractivity contribution in [2.75, 3.05) is 18.0 Å². The molecule has 5 rings (SSSR count). The molecule has 4 heteroatoms. The molecule has 4 nitrogen and oxygen atoms in total. The van der Waals surface area contributed by atoms with Gasteiger partial charge >= 0.3 is 0 Å². The Morgan fingerprint density at radius 1 is 0.962 bits per heavy atom. The van der Waals surface area contributed by atoms with Crippen LogP contribution in [0, 0.1) is 0 Å². The second-order valence-electron chi connectivity index (χ2n) is 6.53. The van der Waals surface area contributed by atoms with Crippen LogP contribution in [0.1, 0.15) is 6.42 Å². The molecule has 0 saturated heterocycles. The summed E-state index contributed by atoms with van der Waals surface area (Å²) < 4.78 is 0. The van der Waals surface area contributed by atoms with Crippen molar-refractivity contribution in [3.05, 3.63) is 84.2 Å². The molecular weight excluding hydrogens is 320 g/mol. The third kappa shape index (κ3) is 2.60. The van der Waals surface area contributed by atoms with E-state index in [-0.39, 0.29) is 0 Å². The molecule has 0 radical (unpaired) electrons. The van der Waals surface area contributed by atoms with Crippen LogP contribution in [-0.4, -0.2) is 28.0 Å². The molecule has 26 heavy (non-hydrogen) atoms. The molecule has 3 heterocycles. The number of pyridine rings is 1. The van der Waals surface area contributed by atoms with Gasteiger partial charge in [0.15, 0.2) is 0 Å². The lowest BCUT2D eigenvalue weighted by molar-refractivity contribution is 0.846. The van der Waals surface area contributed by atoms with Crippen molar-refractivity contribution in [1.29, 1.82) is 0 Å². The summed E-state index contributed by atoms with van der Waals surface area (Å²) in [5.41, 5.74) is 5.66. The maximum atomic E-state index is 4.84. The van der Waals surface area contributed by atoms with Crippen LogP contribution in [0.15, 0.2) is 84.2 Å². The van der Waals surface area contributed by atoms with Crippen LogP contribution in [0.3, 0.4) is 0 Å². The van der Waals surface area contributed by atoms with Crippen molar-refractivity contribution in [3.63, 3.8) is 0 Å². The number of hydrogen-bond donors (Lipinski definition) is 0. The number of anilines is 1. The molecule has 0 bridgehead atoms. The minimum absolute atomic E-state index is 0.779. The highest BCUT2D eigenvalue weighted by atomic mass is 15.2. The lowest BCUT2D eigenvalue weighted by Gasteiger charge is -2.29. The first-order valence-corrected chi connectivity index (χ1v) is 8.87. The first kappa shape index (κ1) is 15.0. The zero-order chi connectivity index (χ0) is 17.3. The van der Waals surface area contributed by atoms with Gasteiger partial charge in [-0.05, 0) is 35.8 Å². The highest BCUT2D eigenvalue weighted by molar-refractivity contribution is 5.93. The van der Waals surface area contributed by atoms with Crippen molar-refractivity contribution >= 4 is 16.9 Å². The molecule has 2 aliphatic rings. The molecule has 1 aliphatic carbocycles. The summed E-state index contributed by atoms with van der Waals surface area (Å²) in [4.78, 5) is 16.2. The van der Waals surface area contributed by atoms with E-state index >= 15 is 0 Å². The van der Waals surface area contributed by atoms with Gasteiger partial charge in [-0.1, -0.05) is 42.5 Å². The molecule has 1 aliphatic heterocycles. The van der Waals surface area contributed by atoms with Crippen LogP contribution in [0.25, 0.3) is 22.2 Å². The fraction of sp³-hybridized carbons (Fsp3) is 0.136. The summed E-state index contributed by atoms with van der Waals surface area (Å²) in [6.45, 7) is 1.70. The molecular formula is C22H18N4. The van der Waals surface area contributed by atoms with Crippen LogP contribution in [0.5, 0.6) is 0 Å². The average molecular weight is 338 g/mol. The van der Waals surface area contributed by atoms with Gasteiger partial charge in [-0.3, -0.25) is 4.98 Å². The highest BCUT2D eigenvalue weighted by Crippen LogP contribution is 2.29. The molecule has 3 aromatic rings. The van der Waals surface area contributed by atoms with E-state index in [2.05, 4.69) is 45.2 Å². The lowest BCUT2D eigenvalue weighted by atomic mass is 9.96. The Morgan fingerprint density at radius 3 is 2.88 bits per heavy atom. The normalized spacial score (nSPS) is 16.2. The number of hydrogen-bond acceptors (Lipinski definition) is 4. The average Bonchev–Trinajstić information content (AvgIpc) is 2.73. The number of nitrogens with zero attached hydrogens (tertiary/aromatic N) is 4. The lowest BCUT2D eigenvalue weighted by Crippen LogP contribution is -2.31. The van der Waals surface area contributed by atoms with Gasteiger partial charge in [-0.25, -0.2) is 9.97 Å². The summed E-state index contributed by atoms with van der Waals surface area (Å²) >= 11 is 0. The highest BCUT2D eigenvalue weighted by Gasteiger charge is 2.19. The van der Waals surface area contributed by atoms with Gasteiger partial charge in [0, 0.05) is 36.4 Å². The van der Waals surface area contributed by atoms with E-state index in [4.69, 9.17) is 4.98 Å². The third-order valence-corrected chi connectivity index (χ3v) is 4.90. The Hall–Kier alpha value is -3.27. The topological polar surface area (TPSA) is 41.9 Å². The van der Waals surface area contributed by atoms with Crippen LogP contribution in [-0.2, 0) is 0 Å². The number of benzene rings is 1. The van der Waals surface area contributed by atoms with Gasteiger partial charge in [0.1, 0.15) is 0 Å². The molecule has 2 aromatic heterocycles. The maximum absolute atomic E-state index is 4.84. The molecule has 0 unspecified atom stereocenters. The van der Waals surface area contributed by atoms with E-state index in [9.17, 15) is 0 Å². The van der Waals surface area contributed by atoms with Gasteiger partial charge in [0.05, 0.1) is 11.2 Å². The van der Waals surface area contributed by atoms with Crippen molar-refractivity contribution in [2.24, 2.45) is 0 Å². The summed E-state index contributed by atoms with van der Waals surface area (Å²) in [6.07, 6.45) is 13.7. The largest absolute Gasteiger partial charge is 0.333 e. The first-order valence-electron chi connectivity index (χ1n) is 8.87. The zero-order valence-corrected chi connectivity index (χ0v) is 14.3. The van der Waals surface area contributed by atoms with E-state index in [1.165, 1.54) is 11.1 Å². The van der Waals surface area contributed by atoms with Gasteiger partial charge in [-0.15, -0.1) is 0 Å².